The highest BCUT2D eigenvalue weighted by Crippen LogP contribution is 2.32. The van der Waals surface area contributed by atoms with Gasteiger partial charge in [0.15, 0.2) is 0 Å². The van der Waals surface area contributed by atoms with Crippen molar-refractivity contribution in [1.29, 1.82) is 5.26 Å². The maximum absolute atomic E-state index is 11.1. The molecule has 0 radical (unpaired) electrons. The fourth-order valence-corrected chi connectivity index (χ4v) is 3.28. The second-order valence-electron chi connectivity index (χ2n) is 3.73. The fraction of sp³-hybridized carbons (Fsp3) is 0.0833. The topological polar surface area (TPSA) is 70.0 Å². The van der Waals surface area contributed by atoms with Gasteiger partial charge in [-0.2, -0.15) is 5.26 Å². The van der Waals surface area contributed by atoms with Crippen molar-refractivity contribution in [1.82, 2.24) is 0 Å². The van der Waals surface area contributed by atoms with E-state index in [4.69, 9.17) is 5.26 Å². The van der Waals surface area contributed by atoms with E-state index in [2.05, 4.69) is 10.8 Å². The largest absolute Gasteiger partial charge is 0.275 e. The number of sulfonamides is 1. The Morgan fingerprint density at radius 3 is 2.72 bits per heavy atom. The van der Waals surface area contributed by atoms with Crippen LogP contribution in [-0.2, 0) is 10.0 Å². The average Bonchev–Trinajstić information content (AvgIpc) is 2.75. The number of hydrogen-bond acceptors (Lipinski definition) is 4. The van der Waals surface area contributed by atoms with Crippen LogP contribution in [0.2, 0.25) is 0 Å². The van der Waals surface area contributed by atoms with Gasteiger partial charge in [0.2, 0.25) is 10.0 Å². The molecule has 0 bridgehead atoms. The first-order valence-corrected chi connectivity index (χ1v) is 7.77. The van der Waals surface area contributed by atoms with Crippen LogP contribution in [0, 0.1) is 11.3 Å². The molecular weight excluding hydrogens is 268 g/mol. The molecular formula is C12H10N2O2S2. The summed E-state index contributed by atoms with van der Waals surface area (Å²) in [4.78, 5) is 0.915. The highest BCUT2D eigenvalue weighted by molar-refractivity contribution is 7.92. The van der Waals surface area contributed by atoms with Crippen molar-refractivity contribution >= 4 is 26.4 Å². The van der Waals surface area contributed by atoms with Crippen molar-refractivity contribution in [3.63, 3.8) is 0 Å². The lowest BCUT2D eigenvalue weighted by atomic mass is 10.1. The summed E-state index contributed by atoms with van der Waals surface area (Å²) in [5, 5.41) is 9.39. The summed E-state index contributed by atoms with van der Waals surface area (Å²) in [6, 6.07) is 12.8. The first-order valence-electron chi connectivity index (χ1n) is 5.06. The molecule has 0 saturated carbocycles. The molecule has 0 aliphatic heterocycles. The average molecular weight is 278 g/mol. The van der Waals surface area contributed by atoms with E-state index in [1.807, 2.05) is 12.1 Å². The molecule has 0 spiro atoms. The van der Waals surface area contributed by atoms with Gasteiger partial charge in [0, 0.05) is 4.88 Å². The van der Waals surface area contributed by atoms with Crippen molar-refractivity contribution < 1.29 is 8.42 Å². The Hall–Kier alpha value is -1.84. The van der Waals surface area contributed by atoms with E-state index in [1.165, 1.54) is 11.3 Å². The minimum Gasteiger partial charge on any atom is -0.275 e. The normalized spacial score (nSPS) is 10.9. The third-order valence-electron chi connectivity index (χ3n) is 2.17. The van der Waals surface area contributed by atoms with Gasteiger partial charge in [-0.1, -0.05) is 12.1 Å². The van der Waals surface area contributed by atoms with Crippen LogP contribution < -0.4 is 4.72 Å². The summed E-state index contributed by atoms with van der Waals surface area (Å²) >= 11 is 1.33. The Kier molecular flexibility index (Phi) is 3.36. The van der Waals surface area contributed by atoms with E-state index in [0.29, 0.717) is 10.6 Å². The highest BCUT2D eigenvalue weighted by atomic mass is 32.2. The molecule has 6 heteroatoms. The molecule has 0 atom stereocenters. The fourth-order valence-electron chi connectivity index (χ4n) is 1.47. The van der Waals surface area contributed by atoms with Crippen LogP contribution in [0.4, 0.5) is 5.00 Å². The minimum atomic E-state index is -3.25. The molecule has 1 aromatic heterocycles. The molecule has 0 amide bonds. The van der Waals surface area contributed by atoms with Crippen LogP contribution in [0.5, 0.6) is 0 Å². The van der Waals surface area contributed by atoms with Gasteiger partial charge in [0.05, 0.1) is 17.9 Å². The number of benzene rings is 1. The summed E-state index contributed by atoms with van der Waals surface area (Å²) < 4.78 is 24.6. The highest BCUT2D eigenvalue weighted by Gasteiger charge is 2.07. The van der Waals surface area contributed by atoms with Gasteiger partial charge in [-0.25, -0.2) is 8.42 Å². The molecule has 0 aliphatic carbocycles. The third kappa shape index (κ3) is 3.09. The van der Waals surface area contributed by atoms with E-state index in [1.54, 1.807) is 24.3 Å². The number of anilines is 1. The van der Waals surface area contributed by atoms with Crippen molar-refractivity contribution in [2.45, 2.75) is 0 Å². The Labute approximate surface area is 110 Å². The van der Waals surface area contributed by atoms with Crippen LogP contribution in [0.15, 0.2) is 36.4 Å². The number of rotatable bonds is 3. The van der Waals surface area contributed by atoms with Crippen LogP contribution >= 0.6 is 11.3 Å². The zero-order valence-electron chi connectivity index (χ0n) is 9.54. The van der Waals surface area contributed by atoms with Crippen molar-refractivity contribution in [3.8, 4) is 16.5 Å². The van der Waals surface area contributed by atoms with Crippen molar-refractivity contribution in [2.75, 3.05) is 11.0 Å². The maximum atomic E-state index is 11.1. The van der Waals surface area contributed by atoms with Crippen LogP contribution in [0.3, 0.4) is 0 Å². The predicted octanol–water partition coefficient (Wildman–Crippen LogP) is 2.66. The molecule has 0 unspecified atom stereocenters. The lowest BCUT2D eigenvalue weighted by Gasteiger charge is -1.99. The molecule has 92 valence electrons. The summed E-state index contributed by atoms with van der Waals surface area (Å²) in [6.45, 7) is 0. The summed E-state index contributed by atoms with van der Waals surface area (Å²) in [7, 11) is -3.25. The second kappa shape index (κ2) is 4.80. The Morgan fingerprint density at radius 1 is 1.28 bits per heavy atom. The Bertz CT molecular complexity index is 712. The van der Waals surface area contributed by atoms with Gasteiger partial charge in [0.25, 0.3) is 0 Å². The van der Waals surface area contributed by atoms with Gasteiger partial charge in [-0.15, -0.1) is 11.3 Å². The van der Waals surface area contributed by atoms with E-state index in [0.717, 1.165) is 16.7 Å². The van der Waals surface area contributed by atoms with Gasteiger partial charge >= 0.3 is 0 Å². The molecule has 0 aliphatic rings. The number of thiophene rings is 1. The molecule has 2 rings (SSSR count). The minimum absolute atomic E-state index is 0.565. The second-order valence-corrected chi connectivity index (χ2v) is 6.56. The molecule has 1 N–H and O–H groups in total. The third-order valence-corrected chi connectivity index (χ3v) is 3.94. The number of nitrogens with zero attached hydrogens (tertiary/aromatic N) is 1. The quantitative estimate of drug-likeness (QED) is 0.938. The van der Waals surface area contributed by atoms with Gasteiger partial charge in [-0.05, 0) is 29.8 Å². The standard InChI is InChI=1S/C12H10N2O2S2/c1-18(15,16)14-12-6-5-11(17-12)10-4-2-3-9(7-10)8-13/h2-7,14H,1H3. The molecule has 4 nitrogen and oxygen atoms in total. The van der Waals surface area contributed by atoms with Gasteiger partial charge in [0.1, 0.15) is 5.00 Å². The van der Waals surface area contributed by atoms with E-state index < -0.39 is 10.0 Å². The first kappa shape index (κ1) is 12.6. The molecule has 0 saturated heterocycles. The molecule has 1 aromatic carbocycles. The van der Waals surface area contributed by atoms with E-state index in [9.17, 15) is 8.42 Å². The van der Waals surface area contributed by atoms with Crippen LogP contribution in [0.25, 0.3) is 10.4 Å². The molecule has 18 heavy (non-hydrogen) atoms. The maximum Gasteiger partial charge on any atom is 0.230 e. The molecule has 0 fully saturated rings. The van der Waals surface area contributed by atoms with Crippen LogP contribution in [0.1, 0.15) is 5.56 Å². The van der Waals surface area contributed by atoms with E-state index >= 15 is 0 Å². The van der Waals surface area contributed by atoms with E-state index in [-0.39, 0.29) is 0 Å². The van der Waals surface area contributed by atoms with Crippen LogP contribution in [-0.4, -0.2) is 14.7 Å². The summed E-state index contributed by atoms with van der Waals surface area (Å²) in [5.41, 5.74) is 1.49. The Morgan fingerprint density at radius 2 is 2.06 bits per heavy atom. The summed E-state index contributed by atoms with van der Waals surface area (Å²) in [5.74, 6) is 0. The number of nitriles is 1. The van der Waals surface area contributed by atoms with Crippen molar-refractivity contribution in [2.24, 2.45) is 0 Å². The molecule has 2 aromatic rings. The Balaban J connectivity index is 2.32. The monoisotopic (exact) mass is 278 g/mol. The zero-order valence-corrected chi connectivity index (χ0v) is 11.2. The number of nitrogens with one attached hydrogen (secondary N) is 1. The summed E-state index contributed by atoms with van der Waals surface area (Å²) in [6.07, 6.45) is 1.11. The van der Waals surface area contributed by atoms with Crippen molar-refractivity contribution in [3.05, 3.63) is 42.0 Å². The SMILES string of the molecule is CS(=O)(=O)Nc1ccc(-c2cccc(C#N)c2)s1. The lowest BCUT2D eigenvalue weighted by molar-refractivity contribution is 0.607. The predicted molar refractivity (Wildman–Crippen MR) is 72.9 cm³/mol. The van der Waals surface area contributed by atoms with Gasteiger partial charge < -0.3 is 0 Å². The number of hydrogen-bond donors (Lipinski definition) is 1. The first-order chi connectivity index (χ1) is 8.48. The lowest BCUT2D eigenvalue weighted by Crippen LogP contribution is -2.07. The van der Waals surface area contributed by atoms with Gasteiger partial charge in [-0.3, -0.25) is 4.72 Å². The smallest absolute Gasteiger partial charge is 0.230 e. The molecule has 1 heterocycles. The zero-order chi connectivity index (χ0) is 13.2.